The molecule has 1 aromatic heterocycles. The first kappa shape index (κ1) is 13.2. The second-order valence-corrected chi connectivity index (χ2v) is 6.32. The Balaban J connectivity index is 2.22. The molecule has 0 aliphatic carbocycles. The molecule has 18 heavy (non-hydrogen) atoms. The molecule has 0 spiro atoms. The lowest BCUT2D eigenvalue weighted by Crippen LogP contribution is -1.99. The monoisotopic (exact) mass is 324 g/mol. The third kappa shape index (κ3) is 3.17. The molecule has 0 amide bonds. The fourth-order valence-electron chi connectivity index (χ4n) is 1.63. The molecule has 0 fully saturated rings. The normalized spacial score (nSPS) is 12.3. The van der Waals surface area contributed by atoms with Crippen molar-refractivity contribution in [1.29, 1.82) is 0 Å². The number of hydrogen-bond donors (Lipinski definition) is 1. The van der Waals surface area contributed by atoms with Gasteiger partial charge in [0.15, 0.2) is 0 Å². The minimum absolute atomic E-state index is 0.456. The molecule has 0 saturated carbocycles. The summed E-state index contributed by atoms with van der Waals surface area (Å²) >= 11 is 3.39. The molecule has 0 saturated heterocycles. The molecule has 2 N–H and O–H groups in total. The van der Waals surface area contributed by atoms with E-state index in [1.807, 2.05) is 13.0 Å². The summed E-state index contributed by atoms with van der Waals surface area (Å²) in [5.74, 6) is 0.456. The van der Waals surface area contributed by atoms with Gasteiger partial charge in [-0.3, -0.25) is 9.19 Å². The van der Waals surface area contributed by atoms with Crippen molar-refractivity contribution in [2.45, 2.75) is 17.6 Å². The van der Waals surface area contributed by atoms with E-state index in [2.05, 4.69) is 20.9 Å². The Morgan fingerprint density at radius 1 is 1.33 bits per heavy atom. The molecule has 1 unspecified atom stereocenters. The lowest BCUT2D eigenvalue weighted by Gasteiger charge is -2.06. The predicted molar refractivity (Wildman–Crippen MR) is 77.6 cm³/mol. The van der Waals surface area contributed by atoms with Gasteiger partial charge in [-0.25, -0.2) is 0 Å². The Bertz CT molecular complexity index is 601. The van der Waals surface area contributed by atoms with Gasteiger partial charge in [-0.15, -0.1) is 0 Å². The number of anilines is 1. The number of rotatable bonds is 3. The van der Waals surface area contributed by atoms with Crippen molar-refractivity contribution in [2.24, 2.45) is 0 Å². The molecular weight excluding hydrogens is 312 g/mol. The maximum Gasteiger partial charge on any atom is 0.0586 e. The molecule has 1 atom stereocenters. The van der Waals surface area contributed by atoms with Crippen molar-refractivity contribution in [3.05, 3.63) is 52.3 Å². The number of halogens is 1. The average molecular weight is 325 g/mol. The Morgan fingerprint density at radius 3 is 2.78 bits per heavy atom. The van der Waals surface area contributed by atoms with Crippen LogP contribution in [0, 0.1) is 6.92 Å². The van der Waals surface area contributed by atoms with Crippen molar-refractivity contribution >= 4 is 32.4 Å². The van der Waals surface area contributed by atoms with Crippen molar-refractivity contribution in [3.63, 3.8) is 0 Å². The van der Waals surface area contributed by atoms with E-state index in [0.717, 1.165) is 20.5 Å². The summed E-state index contributed by atoms with van der Waals surface area (Å²) in [4.78, 5) is 4.86. The molecule has 2 rings (SSSR count). The third-order valence-electron chi connectivity index (χ3n) is 2.43. The van der Waals surface area contributed by atoms with Crippen LogP contribution in [-0.2, 0) is 16.6 Å². The maximum absolute atomic E-state index is 12.3. The zero-order valence-corrected chi connectivity index (χ0v) is 12.3. The minimum Gasteiger partial charge on any atom is -0.399 e. The predicted octanol–water partition coefficient (Wildman–Crippen LogP) is 3.04. The Kier molecular flexibility index (Phi) is 4.14. The van der Waals surface area contributed by atoms with Crippen molar-refractivity contribution in [1.82, 2.24) is 4.98 Å². The van der Waals surface area contributed by atoms with Gasteiger partial charge in [-0.2, -0.15) is 0 Å². The molecule has 5 heteroatoms. The van der Waals surface area contributed by atoms with Crippen molar-refractivity contribution < 1.29 is 4.21 Å². The number of nitrogens with zero attached hydrogens (tertiary/aromatic N) is 1. The van der Waals surface area contributed by atoms with Crippen LogP contribution < -0.4 is 5.73 Å². The lowest BCUT2D eigenvalue weighted by molar-refractivity contribution is 0.682. The average Bonchev–Trinajstić information content (AvgIpc) is 2.28. The summed E-state index contributed by atoms with van der Waals surface area (Å²) in [6.07, 6.45) is 3.53. The number of benzene rings is 1. The fraction of sp³-hybridized carbons (Fsp3) is 0.154. The summed E-state index contributed by atoms with van der Waals surface area (Å²) in [7, 11) is -1.10. The van der Waals surface area contributed by atoms with Gasteiger partial charge in [0, 0.05) is 22.6 Å². The Hall–Kier alpha value is -1.20. The van der Waals surface area contributed by atoms with E-state index >= 15 is 0 Å². The van der Waals surface area contributed by atoms with Crippen LogP contribution in [0.5, 0.6) is 0 Å². The van der Waals surface area contributed by atoms with Crippen LogP contribution in [0.25, 0.3) is 0 Å². The summed E-state index contributed by atoms with van der Waals surface area (Å²) in [6, 6.07) is 7.31. The number of nitrogen functional groups attached to an aromatic ring is 1. The molecule has 94 valence electrons. The topological polar surface area (TPSA) is 56.0 Å². The maximum atomic E-state index is 12.3. The highest BCUT2D eigenvalue weighted by Gasteiger charge is 2.09. The number of nitrogens with two attached hydrogens (primary N) is 1. The largest absolute Gasteiger partial charge is 0.399 e. The van der Waals surface area contributed by atoms with Gasteiger partial charge in [-0.05, 0) is 52.2 Å². The number of pyridine rings is 1. The summed E-state index contributed by atoms with van der Waals surface area (Å²) < 4.78 is 13.0. The molecule has 0 bridgehead atoms. The first-order valence-electron chi connectivity index (χ1n) is 5.40. The van der Waals surface area contributed by atoms with Gasteiger partial charge in [0.05, 0.1) is 21.4 Å². The molecule has 2 aromatic rings. The lowest BCUT2D eigenvalue weighted by atomic mass is 10.2. The molecule has 0 radical (unpaired) electrons. The highest BCUT2D eigenvalue weighted by Crippen LogP contribution is 2.24. The van der Waals surface area contributed by atoms with E-state index in [1.165, 1.54) is 0 Å². The standard InChI is InChI=1S/C13H13BrN2OS/c1-9-4-10(7-16-6-9)8-18(17)13-3-2-11(15)5-12(13)14/h2-7H,8,15H2,1H3. The first-order valence-corrected chi connectivity index (χ1v) is 7.51. The van der Waals surface area contributed by atoms with E-state index in [0.29, 0.717) is 11.4 Å². The fourth-order valence-corrected chi connectivity index (χ4v) is 3.68. The highest BCUT2D eigenvalue weighted by molar-refractivity contribution is 9.10. The van der Waals surface area contributed by atoms with Crippen LogP contribution in [0.1, 0.15) is 11.1 Å². The first-order chi connectivity index (χ1) is 8.56. The van der Waals surface area contributed by atoms with E-state index in [-0.39, 0.29) is 0 Å². The highest BCUT2D eigenvalue weighted by atomic mass is 79.9. The molecular formula is C13H13BrN2OS. The molecule has 3 nitrogen and oxygen atoms in total. The SMILES string of the molecule is Cc1cncc(CS(=O)c2ccc(N)cc2Br)c1. The van der Waals surface area contributed by atoms with Crippen LogP contribution in [0.4, 0.5) is 5.69 Å². The van der Waals surface area contributed by atoms with Gasteiger partial charge in [0.25, 0.3) is 0 Å². The van der Waals surface area contributed by atoms with Gasteiger partial charge >= 0.3 is 0 Å². The Labute approximate surface area is 117 Å². The molecule has 0 aliphatic heterocycles. The van der Waals surface area contributed by atoms with Crippen LogP contribution in [-0.4, -0.2) is 9.19 Å². The van der Waals surface area contributed by atoms with Crippen LogP contribution >= 0.6 is 15.9 Å². The van der Waals surface area contributed by atoms with Crippen LogP contribution in [0.3, 0.4) is 0 Å². The minimum atomic E-state index is -1.10. The Morgan fingerprint density at radius 2 is 2.11 bits per heavy atom. The van der Waals surface area contributed by atoms with Gasteiger partial charge < -0.3 is 5.73 Å². The molecule has 0 aliphatic rings. The van der Waals surface area contributed by atoms with E-state index in [4.69, 9.17) is 5.73 Å². The zero-order valence-electron chi connectivity index (χ0n) is 9.89. The van der Waals surface area contributed by atoms with E-state index in [9.17, 15) is 4.21 Å². The van der Waals surface area contributed by atoms with E-state index in [1.54, 1.807) is 30.6 Å². The summed E-state index contributed by atoms with van der Waals surface area (Å²) in [5, 5.41) is 0. The van der Waals surface area contributed by atoms with Gasteiger partial charge in [-0.1, -0.05) is 6.07 Å². The summed E-state index contributed by atoms with van der Waals surface area (Å²) in [6.45, 7) is 1.97. The smallest absolute Gasteiger partial charge is 0.0586 e. The second-order valence-electron chi connectivity index (χ2n) is 4.05. The van der Waals surface area contributed by atoms with E-state index < -0.39 is 10.8 Å². The van der Waals surface area contributed by atoms with Gasteiger partial charge in [0.2, 0.25) is 0 Å². The van der Waals surface area contributed by atoms with Crippen molar-refractivity contribution in [3.8, 4) is 0 Å². The number of aryl methyl sites for hydroxylation is 1. The molecule has 1 heterocycles. The van der Waals surface area contributed by atoms with Crippen molar-refractivity contribution in [2.75, 3.05) is 5.73 Å². The quantitative estimate of drug-likeness (QED) is 0.883. The third-order valence-corrected chi connectivity index (χ3v) is 4.79. The van der Waals surface area contributed by atoms with Crippen LogP contribution in [0.15, 0.2) is 46.0 Å². The number of hydrogen-bond acceptors (Lipinski definition) is 3. The second kappa shape index (κ2) is 5.63. The number of aromatic nitrogens is 1. The summed E-state index contributed by atoms with van der Waals surface area (Å²) in [5.41, 5.74) is 8.35. The molecule has 1 aromatic carbocycles. The zero-order chi connectivity index (χ0) is 13.1. The van der Waals surface area contributed by atoms with Crippen LogP contribution in [0.2, 0.25) is 0 Å². The van der Waals surface area contributed by atoms with Gasteiger partial charge in [0.1, 0.15) is 0 Å².